The van der Waals surface area contributed by atoms with E-state index in [2.05, 4.69) is 25.4 Å². The van der Waals surface area contributed by atoms with Crippen molar-refractivity contribution in [2.75, 3.05) is 32.1 Å². The molecule has 1 aromatic carbocycles. The lowest BCUT2D eigenvalue weighted by molar-refractivity contribution is 0.0993. The standard InChI is InChI=1S/C20H21FN6O2S/c1-22-27-8-7-15(10-27)29-18-9-16(23-12-24-18)17-11-30-20(25-17)26(2)19(28)13-3-5-14(21)6-4-13/h3-6,9,11-12,15,22H,7-8,10H2,1-2H3. The molecule has 0 aliphatic carbocycles. The minimum Gasteiger partial charge on any atom is -0.473 e. The molecule has 1 aliphatic heterocycles. The fourth-order valence-corrected chi connectivity index (χ4v) is 3.93. The van der Waals surface area contributed by atoms with Crippen LogP contribution in [0.5, 0.6) is 5.88 Å². The molecule has 30 heavy (non-hydrogen) atoms. The van der Waals surface area contributed by atoms with Crippen molar-refractivity contribution in [2.45, 2.75) is 12.5 Å². The summed E-state index contributed by atoms with van der Waals surface area (Å²) in [4.78, 5) is 27.1. The molecule has 3 heterocycles. The first-order valence-electron chi connectivity index (χ1n) is 9.44. The third kappa shape index (κ3) is 4.45. The first kappa shape index (κ1) is 20.3. The Morgan fingerprint density at radius 1 is 1.30 bits per heavy atom. The van der Waals surface area contributed by atoms with Gasteiger partial charge >= 0.3 is 0 Å². The highest BCUT2D eigenvalue weighted by Gasteiger charge is 2.24. The van der Waals surface area contributed by atoms with Crippen LogP contribution in [-0.2, 0) is 0 Å². The lowest BCUT2D eigenvalue weighted by atomic mass is 10.2. The summed E-state index contributed by atoms with van der Waals surface area (Å²) < 4.78 is 19.1. The quantitative estimate of drug-likeness (QED) is 0.646. The summed E-state index contributed by atoms with van der Waals surface area (Å²) in [5.74, 6) is -0.157. The first-order valence-corrected chi connectivity index (χ1v) is 10.3. The van der Waals surface area contributed by atoms with Crippen molar-refractivity contribution in [3.8, 4) is 17.3 Å². The van der Waals surface area contributed by atoms with Crippen molar-refractivity contribution in [3.63, 3.8) is 0 Å². The van der Waals surface area contributed by atoms with Gasteiger partial charge in [0.25, 0.3) is 5.91 Å². The fourth-order valence-electron chi connectivity index (χ4n) is 3.15. The molecule has 4 rings (SSSR count). The van der Waals surface area contributed by atoms with Gasteiger partial charge in [-0.1, -0.05) is 0 Å². The van der Waals surface area contributed by atoms with E-state index in [1.807, 2.05) is 12.4 Å². The zero-order valence-electron chi connectivity index (χ0n) is 16.6. The second-order valence-electron chi connectivity index (χ2n) is 6.83. The molecule has 1 unspecified atom stereocenters. The highest BCUT2D eigenvalue weighted by Crippen LogP contribution is 2.28. The monoisotopic (exact) mass is 428 g/mol. The van der Waals surface area contributed by atoms with Crippen LogP contribution in [-0.4, -0.2) is 59.2 Å². The molecule has 1 amide bonds. The predicted octanol–water partition coefficient (Wildman–Crippen LogP) is 2.60. The molecule has 0 bridgehead atoms. The second kappa shape index (κ2) is 8.82. The number of ether oxygens (including phenoxy) is 1. The van der Waals surface area contributed by atoms with Crippen LogP contribution in [0.3, 0.4) is 0 Å². The third-order valence-corrected chi connectivity index (χ3v) is 5.74. The number of amides is 1. The molecule has 1 saturated heterocycles. The van der Waals surface area contributed by atoms with Crippen LogP contribution in [0.4, 0.5) is 9.52 Å². The Labute approximate surface area is 177 Å². The number of halogens is 1. The zero-order valence-corrected chi connectivity index (χ0v) is 17.4. The van der Waals surface area contributed by atoms with Crippen molar-refractivity contribution >= 4 is 22.4 Å². The average Bonchev–Trinajstić information content (AvgIpc) is 3.43. The number of hydrogen-bond acceptors (Lipinski definition) is 8. The van der Waals surface area contributed by atoms with Crippen LogP contribution in [0.25, 0.3) is 11.4 Å². The first-order chi connectivity index (χ1) is 14.5. The molecule has 1 atom stereocenters. The van der Waals surface area contributed by atoms with Crippen LogP contribution in [0.15, 0.2) is 42.0 Å². The Hall–Kier alpha value is -2.95. The number of aromatic nitrogens is 3. The van der Waals surface area contributed by atoms with Crippen molar-refractivity contribution < 1.29 is 13.9 Å². The van der Waals surface area contributed by atoms with Crippen LogP contribution >= 0.6 is 11.3 Å². The van der Waals surface area contributed by atoms with Crippen LogP contribution in [0, 0.1) is 5.82 Å². The van der Waals surface area contributed by atoms with Gasteiger partial charge in [-0.25, -0.2) is 24.4 Å². The van der Waals surface area contributed by atoms with Gasteiger partial charge < -0.3 is 4.74 Å². The van der Waals surface area contributed by atoms with E-state index in [1.165, 1.54) is 46.8 Å². The summed E-state index contributed by atoms with van der Waals surface area (Å²) in [5.41, 5.74) is 4.75. The van der Waals surface area contributed by atoms with E-state index < -0.39 is 0 Å². The van der Waals surface area contributed by atoms with Gasteiger partial charge in [0.15, 0.2) is 5.13 Å². The largest absolute Gasteiger partial charge is 0.473 e. The lowest BCUT2D eigenvalue weighted by Gasteiger charge is -2.15. The number of thiazole rings is 1. The Morgan fingerprint density at radius 2 is 2.10 bits per heavy atom. The topological polar surface area (TPSA) is 83.5 Å². The molecule has 8 nitrogen and oxygen atoms in total. The molecule has 1 aliphatic rings. The Balaban J connectivity index is 1.47. The van der Waals surface area contributed by atoms with E-state index in [4.69, 9.17) is 4.74 Å². The summed E-state index contributed by atoms with van der Waals surface area (Å²) in [6.45, 7) is 1.70. The normalized spacial score (nSPS) is 16.6. The fraction of sp³-hybridized carbons (Fsp3) is 0.300. The van der Waals surface area contributed by atoms with Gasteiger partial charge in [-0.15, -0.1) is 11.3 Å². The summed E-state index contributed by atoms with van der Waals surface area (Å²) in [7, 11) is 3.53. The van der Waals surface area contributed by atoms with E-state index in [0.717, 1.165) is 19.5 Å². The Bertz CT molecular complexity index is 1030. The number of nitrogens with one attached hydrogen (secondary N) is 1. The van der Waals surface area contributed by atoms with Crippen molar-refractivity contribution in [2.24, 2.45) is 0 Å². The number of anilines is 1. The van der Waals surface area contributed by atoms with E-state index in [0.29, 0.717) is 28.0 Å². The maximum atomic E-state index is 13.1. The van der Waals surface area contributed by atoms with Crippen LogP contribution in [0.2, 0.25) is 0 Å². The maximum Gasteiger partial charge on any atom is 0.259 e. The zero-order chi connectivity index (χ0) is 21.1. The molecule has 1 N–H and O–H groups in total. The molecule has 1 fully saturated rings. The van der Waals surface area contributed by atoms with E-state index in [-0.39, 0.29) is 17.8 Å². The number of hydrazine groups is 1. The lowest BCUT2D eigenvalue weighted by Crippen LogP contribution is -2.34. The summed E-state index contributed by atoms with van der Waals surface area (Å²) in [6.07, 6.45) is 2.42. The number of rotatable bonds is 6. The number of carbonyl (C=O) groups is 1. The van der Waals surface area contributed by atoms with Gasteiger partial charge in [-0.3, -0.25) is 15.1 Å². The van der Waals surface area contributed by atoms with E-state index >= 15 is 0 Å². The molecule has 10 heteroatoms. The summed E-state index contributed by atoms with van der Waals surface area (Å²) in [5, 5.41) is 4.43. The SMILES string of the molecule is CNN1CCC(Oc2cc(-c3csc(N(C)C(=O)c4ccc(F)cc4)n3)ncn2)C1. The average molecular weight is 428 g/mol. The summed E-state index contributed by atoms with van der Waals surface area (Å²) in [6, 6.07) is 7.18. The minimum absolute atomic E-state index is 0.0608. The molecule has 0 spiro atoms. The van der Waals surface area contributed by atoms with Gasteiger partial charge in [0, 0.05) is 30.6 Å². The smallest absolute Gasteiger partial charge is 0.259 e. The second-order valence-corrected chi connectivity index (χ2v) is 7.66. The predicted molar refractivity (Wildman–Crippen MR) is 112 cm³/mol. The maximum absolute atomic E-state index is 13.1. The Kier molecular flexibility index (Phi) is 5.98. The van der Waals surface area contributed by atoms with Gasteiger partial charge in [-0.2, -0.15) is 0 Å². The van der Waals surface area contributed by atoms with Gasteiger partial charge in [0.1, 0.15) is 23.9 Å². The van der Waals surface area contributed by atoms with E-state index in [9.17, 15) is 9.18 Å². The highest BCUT2D eigenvalue weighted by atomic mass is 32.1. The number of nitrogens with zero attached hydrogens (tertiary/aromatic N) is 5. The molecule has 0 radical (unpaired) electrons. The van der Waals surface area contributed by atoms with Crippen LogP contribution < -0.4 is 15.1 Å². The van der Waals surface area contributed by atoms with Gasteiger partial charge in [-0.05, 0) is 37.7 Å². The Morgan fingerprint density at radius 3 is 2.83 bits per heavy atom. The van der Waals surface area contributed by atoms with Crippen molar-refractivity contribution in [1.82, 2.24) is 25.4 Å². The number of carbonyl (C=O) groups excluding carboxylic acids is 1. The third-order valence-electron chi connectivity index (χ3n) is 4.83. The number of benzene rings is 1. The van der Waals surface area contributed by atoms with Gasteiger partial charge in [0.2, 0.25) is 5.88 Å². The molecule has 2 aromatic heterocycles. The van der Waals surface area contributed by atoms with Crippen molar-refractivity contribution in [1.29, 1.82) is 0 Å². The molecule has 0 saturated carbocycles. The van der Waals surface area contributed by atoms with Crippen LogP contribution in [0.1, 0.15) is 16.8 Å². The summed E-state index contributed by atoms with van der Waals surface area (Å²) >= 11 is 1.32. The minimum atomic E-state index is -0.385. The molecular formula is C20H21FN6O2S. The molecular weight excluding hydrogens is 407 g/mol. The van der Waals surface area contributed by atoms with Crippen molar-refractivity contribution in [3.05, 3.63) is 53.4 Å². The van der Waals surface area contributed by atoms with Gasteiger partial charge in [0.05, 0.1) is 12.2 Å². The highest BCUT2D eigenvalue weighted by molar-refractivity contribution is 7.14. The number of hydrogen-bond donors (Lipinski definition) is 1. The van der Waals surface area contributed by atoms with E-state index in [1.54, 1.807) is 13.1 Å². The molecule has 156 valence electrons. The molecule has 3 aromatic rings.